The molecule has 0 saturated carbocycles. The maximum atomic E-state index is 10.1. The summed E-state index contributed by atoms with van der Waals surface area (Å²) in [6.07, 6.45) is 0.672. The van der Waals surface area contributed by atoms with Gasteiger partial charge in [-0.3, -0.25) is 4.52 Å². The van der Waals surface area contributed by atoms with Gasteiger partial charge in [0, 0.05) is 0 Å². The Hall–Kier alpha value is 0.0300. The highest BCUT2D eigenvalue weighted by Gasteiger charge is 2.12. The van der Waals surface area contributed by atoms with E-state index in [2.05, 4.69) is 4.52 Å². The Kier molecular flexibility index (Phi) is 11.5. The summed E-state index contributed by atoms with van der Waals surface area (Å²) in [6.45, 7) is 4.05. The molecule has 0 aliphatic rings. The fourth-order valence-corrected chi connectivity index (χ4v) is 0.751. The highest BCUT2D eigenvalue weighted by molar-refractivity contribution is 7.46. The molecule has 0 radical (unpaired) electrons. The van der Waals surface area contributed by atoms with Gasteiger partial charge in [0.15, 0.2) is 0 Å². The summed E-state index contributed by atoms with van der Waals surface area (Å²) in [6, 6.07) is 0. The van der Waals surface area contributed by atoms with E-state index in [-0.39, 0.29) is 18.9 Å². The number of phosphoric acid groups is 1. The van der Waals surface area contributed by atoms with Crippen LogP contribution in [0.5, 0.6) is 0 Å². The van der Waals surface area contributed by atoms with Gasteiger partial charge in [-0.05, 0) is 12.3 Å². The van der Waals surface area contributed by atoms with Crippen LogP contribution in [0.15, 0.2) is 0 Å². The van der Waals surface area contributed by atoms with Crippen LogP contribution in [0.4, 0.5) is 0 Å². The minimum Gasteiger partial charge on any atom is -0.369 e. The first-order valence-corrected chi connectivity index (χ1v) is 4.65. The van der Waals surface area contributed by atoms with Crippen LogP contribution in [0, 0.1) is 5.92 Å². The Bertz CT molecular complexity index is 135. The Morgan fingerprint density at radius 2 is 1.75 bits per heavy atom. The molecule has 0 amide bonds. The van der Waals surface area contributed by atoms with E-state index < -0.39 is 7.82 Å². The summed E-state index contributed by atoms with van der Waals surface area (Å²) in [5.74, 6) is 0.409. The third kappa shape index (κ3) is 16.5. The topological polar surface area (TPSA) is 140 Å². The second kappa shape index (κ2) is 7.67. The Morgan fingerprint density at radius 1 is 1.33 bits per heavy atom. The average Bonchev–Trinajstić information content (AvgIpc) is 1.59. The van der Waals surface area contributed by atoms with Crippen LogP contribution in [-0.2, 0) is 9.09 Å². The molecule has 12 heavy (non-hydrogen) atoms. The highest BCUT2D eigenvalue weighted by Crippen LogP contribution is 2.35. The molecule has 78 valence electrons. The summed E-state index contributed by atoms with van der Waals surface area (Å²) in [7, 11) is -4.22. The van der Waals surface area contributed by atoms with Crippen LogP contribution in [0.2, 0.25) is 0 Å². The molecule has 0 atom stereocenters. The molecule has 0 unspecified atom stereocenters. The first-order valence-electron chi connectivity index (χ1n) is 3.12. The zero-order valence-electron chi connectivity index (χ0n) is 8.15. The summed E-state index contributed by atoms with van der Waals surface area (Å²) in [5, 5.41) is 0. The number of hydrogen-bond acceptors (Lipinski definition) is 2. The Balaban J connectivity index is -0.000000405. The van der Waals surface area contributed by atoms with Gasteiger partial charge in [0.05, 0.1) is 6.61 Å². The van der Waals surface area contributed by atoms with Crippen LogP contribution >= 0.6 is 7.82 Å². The monoisotopic (exact) mass is 204 g/mol. The molecule has 0 aliphatic heterocycles. The SMILES string of the molecule is CC(C)CCOP(=O)(O)O.[NH4+].[NH4+]. The molecule has 10 N–H and O–H groups in total. The molecule has 0 saturated heterocycles. The summed E-state index contributed by atoms with van der Waals surface area (Å²) < 4.78 is 14.3. The normalized spacial score (nSPS) is 10.4. The number of hydrogen-bond donors (Lipinski definition) is 4. The van der Waals surface area contributed by atoms with Crippen LogP contribution in [0.3, 0.4) is 0 Å². The first-order chi connectivity index (χ1) is 4.42. The molecular formula is C5H21N2O4P+2. The Labute approximate surface area is 72.7 Å². The van der Waals surface area contributed by atoms with Gasteiger partial charge in [-0.2, -0.15) is 0 Å². The van der Waals surface area contributed by atoms with E-state index in [1.165, 1.54) is 0 Å². The molecule has 0 rings (SSSR count). The zero-order valence-corrected chi connectivity index (χ0v) is 9.04. The van der Waals surface area contributed by atoms with Gasteiger partial charge >= 0.3 is 7.82 Å². The average molecular weight is 204 g/mol. The van der Waals surface area contributed by atoms with Crippen molar-refractivity contribution < 1.29 is 18.9 Å². The fraction of sp³-hybridized carbons (Fsp3) is 1.00. The quantitative estimate of drug-likeness (QED) is 0.519. The lowest BCUT2D eigenvalue weighted by atomic mass is 10.2. The van der Waals surface area contributed by atoms with Gasteiger partial charge in [-0.1, -0.05) is 13.8 Å². The van der Waals surface area contributed by atoms with Crippen molar-refractivity contribution in [3.8, 4) is 0 Å². The van der Waals surface area contributed by atoms with E-state index in [1.807, 2.05) is 13.8 Å². The van der Waals surface area contributed by atoms with Crippen molar-refractivity contribution in [1.29, 1.82) is 0 Å². The number of phosphoric ester groups is 1. The largest absolute Gasteiger partial charge is 0.469 e. The van der Waals surface area contributed by atoms with Gasteiger partial charge in [-0.25, -0.2) is 4.57 Å². The van der Waals surface area contributed by atoms with Crippen LogP contribution in [0.1, 0.15) is 20.3 Å². The summed E-state index contributed by atoms with van der Waals surface area (Å²) in [5.41, 5.74) is 0. The van der Waals surface area contributed by atoms with E-state index in [0.29, 0.717) is 12.3 Å². The van der Waals surface area contributed by atoms with Gasteiger partial charge < -0.3 is 22.1 Å². The van der Waals surface area contributed by atoms with Crippen molar-refractivity contribution >= 4 is 7.82 Å². The van der Waals surface area contributed by atoms with Crippen LogP contribution in [-0.4, -0.2) is 16.4 Å². The molecule has 7 heteroatoms. The molecule has 0 heterocycles. The van der Waals surface area contributed by atoms with Crippen molar-refractivity contribution in [2.75, 3.05) is 6.61 Å². The molecule has 0 aromatic heterocycles. The van der Waals surface area contributed by atoms with E-state index in [1.54, 1.807) is 0 Å². The van der Waals surface area contributed by atoms with E-state index in [4.69, 9.17) is 9.79 Å². The van der Waals surface area contributed by atoms with Gasteiger partial charge in [0.25, 0.3) is 0 Å². The maximum absolute atomic E-state index is 10.1. The van der Waals surface area contributed by atoms with Gasteiger partial charge in [0.1, 0.15) is 0 Å². The zero-order chi connectivity index (χ0) is 8.20. The van der Waals surface area contributed by atoms with Crippen LogP contribution in [0.25, 0.3) is 0 Å². The van der Waals surface area contributed by atoms with Crippen molar-refractivity contribution in [3.05, 3.63) is 0 Å². The third-order valence-corrected chi connectivity index (χ3v) is 1.47. The molecular weight excluding hydrogens is 183 g/mol. The minimum atomic E-state index is -4.22. The molecule has 6 nitrogen and oxygen atoms in total. The first kappa shape index (κ1) is 17.9. The molecule has 0 aromatic carbocycles. The van der Waals surface area contributed by atoms with Crippen LogP contribution < -0.4 is 12.3 Å². The summed E-state index contributed by atoms with van der Waals surface area (Å²) in [4.78, 5) is 16.4. The third-order valence-electron chi connectivity index (χ3n) is 0.955. The smallest absolute Gasteiger partial charge is 0.369 e. The van der Waals surface area contributed by atoms with E-state index in [9.17, 15) is 4.57 Å². The molecule has 0 aliphatic carbocycles. The number of rotatable bonds is 4. The van der Waals surface area contributed by atoms with Gasteiger partial charge in [-0.15, -0.1) is 0 Å². The predicted molar refractivity (Wildman–Crippen MR) is 49.4 cm³/mol. The molecule has 0 aromatic rings. The van der Waals surface area contributed by atoms with E-state index in [0.717, 1.165) is 0 Å². The predicted octanol–water partition coefficient (Wildman–Crippen LogP) is 1.89. The van der Waals surface area contributed by atoms with E-state index >= 15 is 0 Å². The second-order valence-corrected chi connectivity index (χ2v) is 3.75. The Morgan fingerprint density at radius 3 is 2.00 bits per heavy atom. The highest BCUT2D eigenvalue weighted by atomic mass is 31.2. The maximum Gasteiger partial charge on any atom is 0.469 e. The molecule has 0 spiro atoms. The van der Waals surface area contributed by atoms with Crippen molar-refractivity contribution in [2.45, 2.75) is 20.3 Å². The molecule has 0 bridgehead atoms. The lowest BCUT2D eigenvalue weighted by molar-refractivity contribution is 0.188. The van der Waals surface area contributed by atoms with Crippen molar-refractivity contribution in [2.24, 2.45) is 5.92 Å². The fourth-order valence-electron chi connectivity index (χ4n) is 0.407. The minimum absolute atomic E-state index is 0. The van der Waals surface area contributed by atoms with Gasteiger partial charge in [0.2, 0.25) is 0 Å². The lowest BCUT2D eigenvalue weighted by Crippen LogP contribution is -1.96. The number of quaternary nitrogens is 2. The van der Waals surface area contributed by atoms with Crippen molar-refractivity contribution in [3.63, 3.8) is 0 Å². The summed E-state index contributed by atoms with van der Waals surface area (Å²) >= 11 is 0. The van der Waals surface area contributed by atoms with Crippen molar-refractivity contribution in [1.82, 2.24) is 12.3 Å². The lowest BCUT2D eigenvalue weighted by Gasteiger charge is -2.05. The molecule has 0 fully saturated rings. The second-order valence-electron chi connectivity index (χ2n) is 2.51. The standard InChI is InChI=1S/C5H13O4P.2H3N/c1-5(2)3-4-9-10(6,7)8;;/h5H,3-4H2,1-2H3,(H2,6,7,8);2*1H3/p+2.